The molecule has 1 aromatic rings. The number of ether oxygens (including phenoxy) is 1. The van der Waals surface area contributed by atoms with Crippen molar-refractivity contribution in [2.75, 3.05) is 20.3 Å². The van der Waals surface area contributed by atoms with Crippen molar-refractivity contribution in [3.63, 3.8) is 0 Å². The van der Waals surface area contributed by atoms with Gasteiger partial charge in [0.15, 0.2) is 0 Å². The summed E-state index contributed by atoms with van der Waals surface area (Å²) in [5.41, 5.74) is 0.417. The highest BCUT2D eigenvalue weighted by molar-refractivity contribution is 5.79. The third kappa shape index (κ3) is 5.77. The third-order valence-electron chi connectivity index (χ3n) is 6.65. The van der Waals surface area contributed by atoms with E-state index in [0.29, 0.717) is 48.7 Å². The van der Waals surface area contributed by atoms with Crippen LogP contribution < -0.4 is 5.32 Å². The van der Waals surface area contributed by atoms with Crippen LogP contribution in [0.15, 0.2) is 12.3 Å². The van der Waals surface area contributed by atoms with Gasteiger partial charge in [-0.1, -0.05) is 20.8 Å². The molecule has 2 heterocycles. The topological polar surface area (TPSA) is 54.5 Å². The highest BCUT2D eigenvalue weighted by atomic mass is 19.4. The van der Waals surface area contributed by atoms with E-state index >= 15 is 0 Å². The van der Waals surface area contributed by atoms with Crippen LogP contribution in [-0.2, 0) is 28.7 Å². The van der Waals surface area contributed by atoms with Crippen molar-refractivity contribution in [2.45, 2.75) is 71.3 Å². The molecule has 3 rings (SSSR count). The summed E-state index contributed by atoms with van der Waals surface area (Å²) >= 11 is 0. The van der Waals surface area contributed by atoms with E-state index in [1.165, 1.54) is 0 Å². The number of nitrogens with zero attached hydrogens (tertiary/aromatic N) is 2. The summed E-state index contributed by atoms with van der Waals surface area (Å²) < 4.78 is 44.4. The molecular formula is C23H34F3N3O2. The van der Waals surface area contributed by atoms with Crippen molar-refractivity contribution < 1.29 is 22.7 Å². The molecule has 4 unspecified atom stereocenters. The molecule has 0 spiro atoms. The van der Waals surface area contributed by atoms with Crippen molar-refractivity contribution in [3.8, 4) is 0 Å². The quantitative estimate of drug-likeness (QED) is 0.694. The van der Waals surface area contributed by atoms with Gasteiger partial charge in [0.1, 0.15) is 0 Å². The zero-order valence-corrected chi connectivity index (χ0v) is 18.8. The highest BCUT2D eigenvalue weighted by Gasteiger charge is 2.37. The Morgan fingerprint density at radius 1 is 1.32 bits per heavy atom. The maximum Gasteiger partial charge on any atom is 0.417 e. The predicted molar refractivity (Wildman–Crippen MR) is 112 cm³/mol. The van der Waals surface area contributed by atoms with E-state index in [-0.39, 0.29) is 24.4 Å². The molecule has 2 aliphatic rings. The van der Waals surface area contributed by atoms with Gasteiger partial charge in [-0.25, -0.2) is 0 Å². The van der Waals surface area contributed by atoms with Crippen molar-refractivity contribution in [3.05, 3.63) is 29.1 Å². The first-order chi connectivity index (χ1) is 14.6. The molecule has 1 saturated carbocycles. The van der Waals surface area contributed by atoms with E-state index in [1.54, 1.807) is 12.0 Å². The second-order valence-electron chi connectivity index (χ2n) is 9.41. The molecule has 0 radical (unpaired) electrons. The summed E-state index contributed by atoms with van der Waals surface area (Å²) in [7, 11) is 1.71. The SMILES string of the molecule is COCC(C)C(NC1CCC(C(=O)N2CCc3ncc(C(F)(F)F)cc3C2)C1)C(C)C. The molecule has 1 amide bonds. The van der Waals surface area contributed by atoms with Crippen molar-refractivity contribution in [1.29, 1.82) is 0 Å². The number of pyridine rings is 1. The van der Waals surface area contributed by atoms with Crippen LogP contribution in [0, 0.1) is 17.8 Å². The molecule has 1 N–H and O–H groups in total. The molecule has 31 heavy (non-hydrogen) atoms. The average molecular weight is 442 g/mol. The summed E-state index contributed by atoms with van der Waals surface area (Å²) in [4.78, 5) is 18.8. The predicted octanol–water partition coefficient (Wildman–Crippen LogP) is 4.05. The summed E-state index contributed by atoms with van der Waals surface area (Å²) in [5, 5.41) is 3.74. The molecule has 5 nitrogen and oxygen atoms in total. The second-order valence-corrected chi connectivity index (χ2v) is 9.41. The lowest BCUT2D eigenvalue weighted by Crippen LogP contribution is -2.46. The van der Waals surface area contributed by atoms with Gasteiger partial charge in [0.2, 0.25) is 5.91 Å². The number of halogens is 3. The van der Waals surface area contributed by atoms with Crippen LogP contribution in [0.5, 0.6) is 0 Å². The van der Waals surface area contributed by atoms with Crippen LogP contribution in [0.2, 0.25) is 0 Å². The monoisotopic (exact) mass is 441 g/mol. The number of nitrogens with one attached hydrogen (secondary N) is 1. The number of carbonyl (C=O) groups excluding carboxylic acids is 1. The zero-order valence-electron chi connectivity index (χ0n) is 18.8. The lowest BCUT2D eigenvalue weighted by molar-refractivity contribution is -0.137. The molecule has 1 aliphatic heterocycles. The Morgan fingerprint density at radius 2 is 2.06 bits per heavy atom. The van der Waals surface area contributed by atoms with Crippen LogP contribution in [-0.4, -0.2) is 48.1 Å². The maximum absolute atomic E-state index is 13.1. The number of rotatable bonds is 7. The summed E-state index contributed by atoms with van der Waals surface area (Å²) in [5.74, 6) is 0.796. The van der Waals surface area contributed by atoms with Crippen LogP contribution in [0.4, 0.5) is 13.2 Å². The first-order valence-corrected chi connectivity index (χ1v) is 11.2. The lowest BCUT2D eigenvalue weighted by Gasteiger charge is -2.32. The van der Waals surface area contributed by atoms with Crippen molar-refractivity contribution in [1.82, 2.24) is 15.2 Å². The van der Waals surface area contributed by atoms with E-state index in [0.717, 1.165) is 31.5 Å². The number of methoxy groups -OCH3 is 1. The summed E-state index contributed by atoms with van der Waals surface area (Å²) in [6.45, 7) is 7.96. The van der Waals surface area contributed by atoms with Crippen molar-refractivity contribution in [2.24, 2.45) is 17.8 Å². The molecule has 174 valence electrons. The Bertz CT molecular complexity index is 769. The molecule has 1 aromatic heterocycles. The van der Waals surface area contributed by atoms with Crippen LogP contribution in [0.1, 0.15) is 56.9 Å². The number of alkyl halides is 3. The third-order valence-corrected chi connectivity index (χ3v) is 6.65. The van der Waals surface area contributed by atoms with Gasteiger partial charge in [-0.3, -0.25) is 9.78 Å². The molecule has 0 saturated heterocycles. The Balaban J connectivity index is 1.60. The Hall–Kier alpha value is -1.67. The minimum Gasteiger partial charge on any atom is -0.384 e. The zero-order chi connectivity index (χ0) is 22.8. The van der Waals surface area contributed by atoms with E-state index in [9.17, 15) is 18.0 Å². The van der Waals surface area contributed by atoms with Crippen LogP contribution in [0.3, 0.4) is 0 Å². The first kappa shape index (κ1) is 24.0. The molecular weight excluding hydrogens is 407 g/mol. The minimum atomic E-state index is -4.43. The van der Waals surface area contributed by atoms with Gasteiger partial charge < -0.3 is 15.0 Å². The van der Waals surface area contributed by atoms with Gasteiger partial charge in [-0.2, -0.15) is 13.2 Å². The fourth-order valence-electron chi connectivity index (χ4n) is 5.04. The Labute approximate surface area is 182 Å². The largest absolute Gasteiger partial charge is 0.417 e. The number of aromatic nitrogens is 1. The van der Waals surface area contributed by atoms with Gasteiger partial charge in [-0.05, 0) is 42.7 Å². The molecule has 8 heteroatoms. The normalized spacial score (nSPS) is 23.7. The second kappa shape index (κ2) is 9.86. The van der Waals surface area contributed by atoms with Gasteiger partial charge in [0, 0.05) is 56.5 Å². The van der Waals surface area contributed by atoms with Crippen LogP contribution in [0.25, 0.3) is 0 Å². The smallest absolute Gasteiger partial charge is 0.384 e. The van der Waals surface area contributed by atoms with Crippen molar-refractivity contribution >= 4 is 5.91 Å². The molecule has 0 aromatic carbocycles. The summed E-state index contributed by atoms with van der Waals surface area (Å²) in [6, 6.07) is 1.73. The van der Waals surface area contributed by atoms with Gasteiger partial charge in [0.25, 0.3) is 0 Å². The first-order valence-electron chi connectivity index (χ1n) is 11.2. The fraction of sp³-hybridized carbons (Fsp3) is 0.739. The Morgan fingerprint density at radius 3 is 2.71 bits per heavy atom. The van der Waals surface area contributed by atoms with Gasteiger partial charge >= 0.3 is 6.18 Å². The Kier molecular flexibility index (Phi) is 7.63. The number of amides is 1. The van der Waals surface area contributed by atoms with Gasteiger partial charge in [0.05, 0.1) is 12.2 Å². The minimum absolute atomic E-state index is 0.0541. The summed E-state index contributed by atoms with van der Waals surface area (Å²) in [6.07, 6.45) is -0.526. The molecule has 1 aliphatic carbocycles. The van der Waals surface area contributed by atoms with Crippen LogP contribution >= 0.6 is 0 Å². The maximum atomic E-state index is 13.1. The van der Waals surface area contributed by atoms with E-state index < -0.39 is 11.7 Å². The number of hydrogen-bond acceptors (Lipinski definition) is 4. The molecule has 0 bridgehead atoms. The molecule has 4 atom stereocenters. The number of carbonyl (C=O) groups is 1. The van der Waals surface area contributed by atoms with E-state index in [2.05, 4.69) is 31.1 Å². The fourth-order valence-corrected chi connectivity index (χ4v) is 5.04. The lowest BCUT2D eigenvalue weighted by atomic mass is 9.91. The van der Waals surface area contributed by atoms with Gasteiger partial charge in [-0.15, -0.1) is 0 Å². The standard InChI is InChI=1S/C23H34F3N3O2/c1-14(2)21(15(3)13-31-4)28-19-6-5-16(10-19)22(30)29-8-7-20-17(12-29)9-18(11-27-20)23(24,25)26/h9,11,14-16,19,21,28H,5-8,10,12-13H2,1-4H3. The number of fused-ring (bicyclic) bond motifs is 1. The number of hydrogen-bond donors (Lipinski definition) is 1. The highest BCUT2D eigenvalue weighted by Crippen LogP contribution is 2.33. The average Bonchev–Trinajstić information content (AvgIpc) is 3.18. The molecule has 1 fully saturated rings. The van der Waals surface area contributed by atoms with E-state index in [4.69, 9.17) is 4.74 Å². The van der Waals surface area contributed by atoms with E-state index in [1.807, 2.05) is 0 Å².